The molecule has 2 heterocycles. The molecule has 1 aromatic heterocycles. The summed E-state index contributed by atoms with van der Waals surface area (Å²) in [5.41, 5.74) is 1.13. The fourth-order valence-electron chi connectivity index (χ4n) is 3.84. The predicted octanol–water partition coefficient (Wildman–Crippen LogP) is 4.31. The minimum Gasteiger partial charge on any atom is -0.494 e. The maximum absolute atomic E-state index is 13.4. The van der Waals surface area contributed by atoms with Crippen LogP contribution in [0.15, 0.2) is 65.1 Å². The highest BCUT2D eigenvalue weighted by Crippen LogP contribution is 2.27. The number of benzene rings is 2. The molecule has 1 saturated heterocycles. The molecule has 1 amide bonds. The fraction of sp³-hybridized carbons (Fsp3) is 0.292. The number of nitrogens with zero attached hydrogens (tertiary/aromatic N) is 1. The Bertz CT molecular complexity index is 1200. The molecule has 0 bridgehead atoms. The molecule has 0 aliphatic carbocycles. The number of amides is 1. The minimum absolute atomic E-state index is 0.0550. The fourth-order valence-corrected chi connectivity index (χ4v) is 5.57. The lowest BCUT2D eigenvalue weighted by Crippen LogP contribution is -2.40. The van der Waals surface area contributed by atoms with E-state index >= 15 is 0 Å². The summed E-state index contributed by atoms with van der Waals surface area (Å²) in [5, 5.41) is 0. The van der Waals surface area contributed by atoms with Crippen LogP contribution in [0.3, 0.4) is 0 Å². The van der Waals surface area contributed by atoms with Crippen LogP contribution in [0.1, 0.15) is 29.5 Å². The van der Waals surface area contributed by atoms with Crippen LogP contribution in [-0.2, 0) is 16.4 Å². The monoisotopic (exact) mass is 457 g/mol. The van der Waals surface area contributed by atoms with Gasteiger partial charge in [0, 0.05) is 17.2 Å². The third-order valence-electron chi connectivity index (χ3n) is 5.42. The number of rotatable bonds is 7. The van der Waals surface area contributed by atoms with Crippen LogP contribution in [-0.4, -0.2) is 43.4 Å². The summed E-state index contributed by atoms with van der Waals surface area (Å²) in [4.78, 5) is 15.0. The molecule has 32 heavy (non-hydrogen) atoms. The van der Waals surface area contributed by atoms with Crippen molar-refractivity contribution in [1.82, 2.24) is 4.90 Å². The van der Waals surface area contributed by atoms with Crippen molar-refractivity contribution in [1.29, 1.82) is 0 Å². The molecule has 0 radical (unpaired) electrons. The van der Waals surface area contributed by atoms with E-state index < -0.39 is 15.9 Å². The van der Waals surface area contributed by atoms with Gasteiger partial charge in [-0.2, -0.15) is 0 Å². The van der Waals surface area contributed by atoms with Crippen LogP contribution >= 0.6 is 0 Å². The van der Waals surface area contributed by atoms with Crippen molar-refractivity contribution in [2.24, 2.45) is 0 Å². The molecule has 6 nitrogen and oxygen atoms in total. The van der Waals surface area contributed by atoms with Crippen LogP contribution in [0.5, 0.6) is 5.75 Å². The molecule has 1 fully saturated rings. The van der Waals surface area contributed by atoms with Gasteiger partial charge in [-0.25, -0.2) is 12.8 Å². The third kappa shape index (κ3) is 5.02. The summed E-state index contributed by atoms with van der Waals surface area (Å²) < 4.78 is 48.8. The van der Waals surface area contributed by atoms with Gasteiger partial charge in [-0.3, -0.25) is 4.79 Å². The molecule has 4 rings (SSSR count). The Morgan fingerprint density at radius 1 is 1.16 bits per heavy atom. The topological polar surface area (TPSA) is 76.8 Å². The molecule has 1 aliphatic rings. The number of hydrogen-bond acceptors (Lipinski definition) is 5. The van der Waals surface area contributed by atoms with Gasteiger partial charge in [-0.05, 0) is 67.9 Å². The smallest absolute Gasteiger partial charge is 0.254 e. The Morgan fingerprint density at radius 3 is 2.62 bits per heavy atom. The van der Waals surface area contributed by atoms with Gasteiger partial charge >= 0.3 is 0 Å². The summed E-state index contributed by atoms with van der Waals surface area (Å²) in [6.45, 7) is 2.46. The molecule has 168 valence electrons. The number of sulfone groups is 1. The van der Waals surface area contributed by atoms with E-state index in [-0.39, 0.29) is 29.8 Å². The van der Waals surface area contributed by atoms with Crippen molar-refractivity contribution < 1.29 is 26.8 Å². The normalized spacial score (nSPS) is 17.2. The van der Waals surface area contributed by atoms with Crippen molar-refractivity contribution in [3.8, 4) is 17.1 Å². The van der Waals surface area contributed by atoms with Gasteiger partial charge in [0.15, 0.2) is 9.84 Å². The van der Waals surface area contributed by atoms with E-state index in [0.29, 0.717) is 41.4 Å². The quantitative estimate of drug-likeness (QED) is 0.528. The highest BCUT2D eigenvalue weighted by molar-refractivity contribution is 7.91. The number of carbonyl (C=O) groups excluding carboxylic acids is 1. The second kappa shape index (κ2) is 9.16. The number of carbonyl (C=O) groups is 1. The van der Waals surface area contributed by atoms with Gasteiger partial charge in [0.25, 0.3) is 5.91 Å². The van der Waals surface area contributed by atoms with Crippen molar-refractivity contribution >= 4 is 15.7 Å². The average Bonchev–Trinajstić information content (AvgIpc) is 3.38. The second-order valence-corrected chi connectivity index (χ2v) is 9.95. The zero-order chi connectivity index (χ0) is 22.7. The molecule has 0 N–H and O–H groups in total. The zero-order valence-corrected chi connectivity index (χ0v) is 18.5. The van der Waals surface area contributed by atoms with Crippen molar-refractivity contribution in [3.63, 3.8) is 0 Å². The van der Waals surface area contributed by atoms with E-state index in [0.717, 1.165) is 0 Å². The Labute approximate surface area is 186 Å². The second-order valence-electron chi connectivity index (χ2n) is 7.72. The first-order chi connectivity index (χ1) is 15.3. The van der Waals surface area contributed by atoms with Crippen LogP contribution < -0.4 is 4.74 Å². The molecule has 1 aliphatic heterocycles. The molecule has 1 unspecified atom stereocenters. The molecule has 2 aromatic carbocycles. The standard InChI is InChI=1S/C24H24FNO5S/c1-2-30-21-5-3-4-18(14-21)24(27)26(20-12-13-32(28,29)16-20)15-22-10-11-23(31-22)17-6-8-19(25)9-7-17/h3-11,14,20H,2,12-13,15-16H2,1H3. The highest BCUT2D eigenvalue weighted by atomic mass is 32.2. The van der Waals surface area contributed by atoms with Gasteiger partial charge in [0.2, 0.25) is 0 Å². The summed E-state index contributed by atoms with van der Waals surface area (Å²) in [6, 6.07) is 15.8. The Hall–Kier alpha value is -3.13. The van der Waals surface area contributed by atoms with Gasteiger partial charge in [0.05, 0.1) is 24.7 Å². The lowest BCUT2D eigenvalue weighted by Gasteiger charge is -2.27. The number of hydrogen-bond donors (Lipinski definition) is 0. The minimum atomic E-state index is -3.19. The number of halogens is 1. The molecule has 0 spiro atoms. The van der Waals surface area contributed by atoms with Crippen LogP contribution in [0.2, 0.25) is 0 Å². The maximum atomic E-state index is 13.4. The summed E-state index contributed by atoms with van der Waals surface area (Å²) in [7, 11) is -3.19. The van der Waals surface area contributed by atoms with Crippen LogP contribution in [0.25, 0.3) is 11.3 Å². The van der Waals surface area contributed by atoms with Crippen molar-refractivity contribution in [2.75, 3.05) is 18.1 Å². The van der Waals surface area contributed by atoms with Gasteiger partial charge < -0.3 is 14.1 Å². The molecule has 3 aromatic rings. The first-order valence-electron chi connectivity index (χ1n) is 10.4. The van der Waals surface area contributed by atoms with Crippen LogP contribution in [0, 0.1) is 5.82 Å². The van der Waals surface area contributed by atoms with E-state index in [9.17, 15) is 17.6 Å². The maximum Gasteiger partial charge on any atom is 0.254 e. The van der Waals surface area contributed by atoms with Gasteiger partial charge in [0.1, 0.15) is 23.1 Å². The molecular formula is C24H24FNO5S. The van der Waals surface area contributed by atoms with E-state index in [1.165, 1.54) is 12.1 Å². The number of ether oxygens (including phenoxy) is 1. The molecule has 8 heteroatoms. The van der Waals surface area contributed by atoms with E-state index in [4.69, 9.17) is 9.15 Å². The van der Waals surface area contributed by atoms with E-state index in [1.807, 2.05) is 6.92 Å². The van der Waals surface area contributed by atoms with E-state index in [2.05, 4.69) is 0 Å². The van der Waals surface area contributed by atoms with Crippen LogP contribution in [0.4, 0.5) is 4.39 Å². The number of furan rings is 1. The van der Waals surface area contributed by atoms with Gasteiger partial charge in [-0.15, -0.1) is 0 Å². The Balaban J connectivity index is 1.61. The Morgan fingerprint density at radius 2 is 1.94 bits per heavy atom. The predicted molar refractivity (Wildman–Crippen MR) is 119 cm³/mol. The summed E-state index contributed by atoms with van der Waals surface area (Å²) >= 11 is 0. The lowest BCUT2D eigenvalue weighted by atomic mass is 10.1. The molecule has 0 saturated carbocycles. The van der Waals surface area contributed by atoms with Crippen molar-refractivity contribution in [2.45, 2.75) is 25.9 Å². The molecule has 1 atom stereocenters. The van der Waals surface area contributed by atoms with Gasteiger partial charge in [-0.1, -0.05) is 6.07 Å². The zero-order valence-electron chi connectivity index (χ0n) is 17.7. The largest absolute Gasteiger partial charge is 0.494 e. The average molecular weight is 458 g/mol. The van der Waals surface area contributed by atoms with E-state index in [1.54, 1.807) is 53.4 Å². The Kier molecular flexibility index (Phi) is 6.32. The van der Waals surface area contributed by atoms with Crippen molar-refractivity contribution in [3.05, 3.63) is 77.8 Å². The summed E-state index contributed by atoms with van der Waals surface area (Å²) in [6.07, 6.45) is 0.380. The first-order valence-corrected chi connectivity index (χ1v) is 12.3. The summed E-state index contributed by atoms with van der Waals surface area (Å²) in [5.74, 6) is 0.999. The highest BCUT2D eigenvalue weighted by Gasteiger charge is 2.35. The third-order valence-corrected chi connectivity index (χ3v) is 7.17. The lowest BCUT2D eigenvalue weighted by molar-refractivity contribution is 0.0666. The SMILES string of the molecule is CCOc1cccc(C(=O)N(Cc2ccc(-c3ccc(F)cc3)o2)C2CCS(=O)(=O)C2)c1. The first kappa shape index (κ1) is 22.1. The molecular weight excluding hydrogens is 433 g/mol.